The zero-order valence-electron chi connectivity index (χ0n) is 10.8. The Balaban J connectivity index is 2.07. The number of ether oxygens (including phenoxy) is 1. The monoisotopic (exact) mass is 234 g/mol. The van der Waals surface area contributed by atoms with Crippen LogP contribution >= 0.6 is 0 Å². The van der Waals surface area contributed by atoms with E-state index in [-0.39, 0.29) is 0 Å². The van der Waals surface area contributed by atoms with Gasteiger partial charge in [0, 0.05) is 38.3 Å². The summed E-state index contributed by atoms with van der Waals surface area (Å²) in [5, 5.41) is 3.38. The Hall–Kier alpha value is -1.06. The fourth-order valence-corrected chi connectivity index (χ4v) is 2.19. The van der Waals surface area contributed by atoms with Crippen molar-refractivity contribution in [1.29, 1.82) is 0 Å². The lowest BCUT2D eigenvalue weighted by atomic mass is 10.1. The van der Waals surface area contributed by atoms with Gasteiger partial charge in [-0.25, -0.2) is 0 Å². The SMILES string of the molecule is CCOc1cc(C)ccc1CN1CCNCC1. The van der Waals surface area contributed by atoms with E-state index in [0.717, 1.165) is 45.1 Å². The molecule has 0 atom stereocenters. The minimum Gasteiger partial charge on any atom is -0.494 e. The molecule has 0 bridgehead atoms. The molecule has 1 N–H and O–H groups in total. The van der Waals surface area contributed by atoms with Crippen LogP contribution in [0.25, 0.3) is 0 Å². The predicted molar refractivity (Wildman–Crippen MR) is 70.5 cm³/mol. The van der Waals surface area contributed by atoms with Crippen molar-refractivity contribution in [2.45, 2.75) is 20.4 Å². The number of hydrogen-bond donors (Lipinski definition) is 1. The molecule has 0 amide bonds. The summed E-state index contributed by atoms with van der Waals surface area (Å²) < 4.78 is 5.72. The molecule has 1 saturated heterocycles. The second kappa shape index (κ2) is 6.03. The normalized spacial score (nSPS) is 17.1. The van der Waals surface area contributed by atoms with Crippen molar-refractivity contribution < 1.29 is 4.74 Å². The summed E-state index contributed by atoms with van der Waals surface area (Å²) in [7, 11) is 0. The lowest BCUT2D eigenvalue weighted by Gasteiger charge is -2.27. The van der Waals surface area contributed by atoms with Crippen molar-refractivity contribution in [3.8, 4) is 5.75 Å². The van der Waals surface area contributed by atoms with Gasteiger partial charge in [-0.1, -0.05) is 12.1 Å². The molecular weight excluding hydrogens is 212 g/mol. The number of nitrogens with one attached hydrogen (secondary N) is 1. The van der Waals surface area contributed by atoms with Crippen molar-refractivity contribution in [2.24, 2.45) is 0 Å². The van der Waals surface area contributed by atoms with Gasteiger partial charge in [-0.05, 0) is 25.5 Å². The first-order valence-corrected chi connectivity index (χ1v) is 6.45. The number of aryl methyl sites for hydroxylation is 1. The van der Waals surface area contributed by atoms with E-state index in [1.807, 2.05) is 6.92 Å². The summed E-state index contributed by atoms with van der Waals surface area (Å²) in [6, 6.07) is 6.50. The molecule has 0 unspecified atom stereocenters. The maximum atomic E-state index is 5.72. The Morgan fingerprint density at radius 3 is 2.76 bits per heavy atom. The molecule has 2 rings (SSSR count). The van der Waals surface area contributed by atoms with Gasteiger partial charge in [0.15, 0.2) is 0 Å². The van der Waals surface area contributed by atoms with Crippen LogP contribution in [0.5, 0.6) is 5.75 Å². The quantitative estimate of drug-likeness (QED) is 0.859. The topological polar surface area (TPSA) is 24.5 Å². The van der Waals surface area contributed by atoms with Crippen LogP contribution in [0.3, 0.4) is 0 Å². The molecule has 0 spiro atoms. The van der Waals surface area contributed by atoms with E-state index < -0.39 is 0 Å². The smallest absolute Gasteiger partial charge is 0.124 e. The zero-order valence-corrected chi connectivity index (χ0v) is 10.8. The first-order chi connectivity index (χ1) is 8.29. The van der Waals surface area contributed by atoms with Crippen LogP contribution in [0.15, 0.2) is 18.2 Å². The first kappa shape index (κ1) is 12.4. The van der Waals surface area contributed by atoms with Crippen molar-refractivity contribution in [1.82, 2.24) is 10.2 Å². The van der Waals surface area contributed by atoms with Gasteiger partial charge in [0.1, 0.15) is 5.75 Å². The summed E-state index contributed by atoms with van der Waals surface area (Å²) in [6.07, 6.45) is 0. The minimum absolute atomic E-state index is 0.734. The summed E-state index contributed by atoms with van der Waals surface area (Å²) in [5.74, 6) is 1.05. The highest BCUT2D eigenvalue weighted by Crippen LogP contribution is 2.22. The Kier molecular flexibility index (Phi) is 4.40. The van der Waals surface area contributed by atoms with Crippen LogP contribution in [0, 0.1) is 6.92 Å². The van der Waals surface area contributed by atoms with Crippen LogP contribution < -0.4 is 10.1 Å². The van der Waals surface area contributed by atoms with E-state index in [1.54, 1.807) is 0 Å². The zero-order chi connectivity index (χ0) is 12.1. The fraction of sp³-hybridized carbons (Fsp3) is 0.571. The molecule has 0 saturated carbocycles. The predicted octanol–water partition coefficient (Wildman–Crippen LogP) is 1.80. The average Bonchev–Trinajstić information content (AvgIpc) is 2.34. The first-order valence-electron chi connectivity index (χ1n) is 6.45. The highest BCUT2D eigenvalue weighted by atomic mass is 16.5. The van der Waals surface area contributed by atoms with Gasteiger partial charge in [-0.15, -0.1) is 0 Å². The molecule has 17 heavy (non-hydrogen) atoms. The summed E-state index contributed by atoms with van der Waals surface area (Å²) >= 11 is 0. The maximum absolute atomic E-state index is 5.72. The fourth-order valence-electron chi connectivity index (χ4n) is 2.19. The maximum Gasteiger partial charge on any atom is 0.124 e. The van der Waals surface area contributed by atoms with E-state index in [4.69, 9.17) is 4.74 Å². The standard InChI is InChI=1S/C14H22N2O/c1-3-17-14-10-12(2)4-5-13(14)11-16-8-6-15-7-9-16/h4-5,10,15H,3,6-9,11H2,1-2H3. The van der Waals surface area contributed by atoms with Gasteiger partial charge in [-0.3, -0.25) is 4.90 Å². The molecule has 1 aromatic rings. The van der Waals surface area contributed by atoms with E-state index >= 15 is 0 Å². The number of hydrogen-bond acceptors (Lipinski definition) is 3. The molecule has 3 heteroatoms. The Labute approximate surface area is 104 Å². The largest absolute Gasteiger partial charge is 0.494 e. The van der Waals surface area contributed by atoms with E-state index in [2.05, 4.69) is 35.3 Å². The molecule has 1 aromatic carbocycles. The van der Waals surface area contributed by atoms with Gasteiger partial charge >= 0.3 is 0 Å². The molecule has 0 aliphatic carbocycles. The van der Waals surface area contributed by atoms with Crippen LogP contribution in [-0.4, -0.2) is 37.7 Å². The molecule has 1 aliphatic rings. The third kappa shape index (κ3) is 3.45. The summed E-state index contributed by atoms with van der Waals surface area (Å²) in [6.45, 7) is 10.3. The molecule has 1 heterocycles. The van der Waals surface area contributed by atoms with Gasteiger partial charge < -0.3 is 10.1 Å². The van der Waals surface area contributed by atoms with Crippen molar-refractivity contribution >= 4 is 0 Å². The highest BCUT2D eigenvalue weighted by molar-refractivity contribution is 5.37. The Bertz CT molecular complexity index is 359. The van der Waals surface area contributed by atoms with Crippen LogP contribution in [-0.2, 0) is 6.54 Å². The molecular formula is C14H22N2O. The van der Waals surface area contributed by atoms with E-state index in [1.165, 1.54) is 11.1 Å². The number of piperazine rings is 1. The second-order valence-corrected chi connectivity index (χ2v) is 4.57. The molecule has 0 aromatic heterocycles. The number of nitrogens with zero attached hydrogens (tertiary/aromatic N) is 1. The van der Waals surface area contributed by atoms with Gasteiger partial charge in [0.25, 0.3) is 0 Å². The van der Waals surface area contributed by atoms with Crippen molar-refractivity contribution in [2.75, 3.05) is 32.8 Å². The molecule has 0 radical (unpaired) electrons. The lowest BCUT2D eigenvalue weighted by Crippen LogP contribution is -2.42. The van der Waals surface area contributed by atoms with Crippen LogP contribution in [0.1, 0.15) is 18.1 Å². The second-order valence-electron chi connectivity index (χ2n) is 4.57. The minimum atomic E-state index is 0.734. The van der Waals surface area contributed by atoms with Crippen molar-refractivity contribution in [3.63, 3.8) is 0 Å². The van der Waals surface area contributed by atoms with Crippen LogP contribution in [0.4, 0.5) is 0 Å². The molecule has 1 fully saturated rings. The lowest BCUT2D eigenvalue weighted by molar-refractivity contribution is 0.228. The number of benzene rings is 1. The Morgan fingerprint density at radius 1 is 1.29 bits per heavy atom. The van der Waals surface area contributed by atoms with Gasteiger partial charge in [0.2, 0.25) is 0 Å². The molecule has 1 aliphatic heterocycles. The average molecular weight is 234 g/mol. The van der Waals surface area contributed by atoms with Crippen LogP contribution in [0.2, 0.25) is 0 Å². The third-order valence-corrected chi connectivity index (χ3v) is 3.13. The molecule has 94 valence electrons. The van der Waals surface area contributed by atoms with E-state index in [0.29, 0.717) is 0 Å². The molecule has 3 nitrogen and oxygen atoms in total. The Morgan fingerprint density at radius 2 is 2.06 bits per heavy atom. The third-order valence-electron chi connectivity index (χ3n) is 3.13. The van der Waals surface area contributed by atoms with Gasteiger partial charge in [-0.2, -0.15) is 0 Å². The number of rotatable bonds is 4. The summed E-state index contributed by atoms with van der Waals surface area (Å²) in [5.41, 5.74) is 2.57. The van der Waals surface area contributed by atoms with E-state index in [9.17, 15) is 0 Å². The highest BCUT2D eigenvalue weighted by Gasteiger charge is 2.12. The van der Waals surface area contributed by atoms with Gasteiger partial charge in [0.05, 0.1) is 6.61 Å². The summed E-state index contributed by atoms with van der Waals surface area (Å²) in [4.78, 5) is 2.48. The van der Waals surface area contributed by atoms with Crippen molar-refractivity contribution in [3.05, 3.63) is 29.3 Å².